The molecule has 3 aromatic rings. The summed E-state index contributed by atoms with van der Waals surface area (Å²) in [5, 5.41) is 17.0. The van der Waals surface area contributed by atoms with E-state index >= 15 is 0 Å². The summed E-state index contributed by atoms with van der Waals surface area (Å²) in [6, 6.07) is 8.85. The Morgan fingerprint density at radius 3 is 2.72 bits per heavy atom. The molecule has 4 N–H and O–H groups in total. The summed E-state index contributed by atoms with van der Waals surface area (Å²) in [5.74, 6) is 1.58. The molecular weight excluding hydrogens is 518 g/mol. The molecule has 0 amide bonds. The second-order valence-electron chi connectivity index (χ2n) is 6.89. The molecule has 0 radical (unpaired) electrons. The van der Waals surface area contributed by atoms with Crippen LogP contribution >= 0.6 is 27.3 Å². The number of sulfonamides is 1. The number of nitrogens with one attached hydrogen (secondary N) is 3. The second-order valence-corrected chi connectivity index (χ2v) is 10.7. The van der Waals surface area contributed by atoms with Gasteiger partial charge in [-0.2, -0.15) is 4.98 Å². The van der Waals surface area contributed by atoms with E-state index in [9.17, 15) is 13.5 Å². The second kappa shape index (κ2) is 11.1. The lowest BCUT2D eigenvalue weighted by Crippen LogP contribution is -2.25. The molecule has 32 heavy (non-hydrogen) atoms. The van der Waals surface area contributed by atoms with E-state index in [4.69, 9.17) is 4.74 Å². The predicted molar refractivity (Wildman–Crippen MR) is 129 cm³/mol. The number of nitrogens with zero attached hydrogens (tertiary/aromatic N) is 2. The Labute approximate surface area is 199 Å². The highest BCUT2D eigenvalue weighted by molar-refractivity contribution is 9.10. The minimum atomic E-state index is -3.63. The van der Waals surface area contributed by atoms with Crippen LogP contribution in [0.25, 0.3) is 0 Å². The minimum Gasteiger partial charge on any atom is -0.497 e. The van der Waals surface area contributed by atoms with Crippen molar-refractivity contribution in [3.05, 3.63) is 51.9 Å². The molecule has 0 aliphatic rings. The average Bonchev–Trinajstić information content (AvgIpc) is 3.26. The van der Waals surface area contributed by atoms with Crippen LogP contribution in [0.15, 0.2) is 50.6 Å². The van der Waals surface area contributed by atoms with Crippen molar-refractivity contribution >= 4 is 54.7 Å². The van der Waals surface area contributed by atoms with Crippen LogP contribution in [0.5, 0.6) is 5.75 Å². The Kier molecular flexibility index (Phi) is 8.43. The van der Waals surface area contributed by atoms with Crippen LogP contribution in [0.2, 0.25) is 0 Å². The van der Waals surface area contributed by atoms with Crippen LogP contribution in [0, 0.1) is 0 Å². The first-order valence-electron chi connectivity index (χ1n) is 9.69. The van der Waals surface area contributed by atoms with E-state index in [0.717, 1.165) is 22.6 Å². The fraction of sp³-hybridized carbons (Fsp3) is 0.300. The Hall–Kier alpha value is -2.25. The van der Waals surface area contributed by atoms with Gasteiger partial charge in [-0.15, -0.1) is 11.3 Å². The third kappa shape index (κ3) is 6.62. The summed E-state index contributed by atoms with van der Waals surface area (Å²) in [6.45, 7) is 2.05. The third-order valence-corrected chi connectivity index (χ3v) is 7.84. The van der Waals surface area contributed by atoms with Gasteiger partial charge < -0.3 is 20.5 Å². The number of rotatable bonds is 11. The molecule has 9 nitrogen and oxygen atoms in total. The van der Waals surface area contributed by atoms with E-state index in [-0.39, 0.29) is 23.4 Å². The van der Waals surface area contributed by atoms with Gasteiger partial charge in [0.05, 0.1) is 23.9 Å². The highest BCUT2D eigenvalue weighted by Gasteiger charge is 2.17. The van der Waals surface area contributed by atoms with Gasteiger partial charge in [-0.25, -0.2) is 18.1 Å². The number of methoxy groups -OCH3 is 1. The third-order valence-electron chi connectivity index (χ3n) is 4.36. The number of ether oxygens (including phenoxy) is 1. The zero-order chi connectivity index (χ0) is 23.1. The predicted octanol–water partition coefficient (Wildman–Crippen LogP) is 3.37. The van der Waals surface area contributed by atoms with Crippen LogP contribution in [0.1, 0.15) is 12.5 Å². The Morgan fingerprint density at radius 1 is 1.28 bits per heavy atom. The van der Waals surface area contributed by atoms with Gasteiger partial charge in [0.25, 0.3) is 0 Å². The first-order valence-corrected chi connectivity index (χ1v) is 12.8. The van der Waals surface area contributed by atoms with Crippen molar-refractivity contribution in [2.75, 3.05) is 30.9 Å². The van der Waals surface area contributed by atoms with Crippen molar-refractivity contribution in [2.24, 2.45) is 0 Å². The molecule has 0 fully saturated rings. The number of hydrogen-bond acceptors (Lipinski definition) is 9. The smallest absolute Gasteiger partial charge is 0.250 e. The van der Waals surface area contributed by atoms with Crippen LogP contribution in [-0.2, 0) is 16.4 Å². The number of thiophene rings is 1. The summed E-state index contributed by atoms with van der Waals surface area (Å²) in [4.78, 5) is 8.56. The monoisotopic (exact) mass is 541 g/mol. The van der Waals surface area contributed by atoms with Crippen molar-refractivity contribution in [1.82, 2.24) is 14.7 Å². The van der Waals surface area contributed by atoms with Crippen molar-refractivity contribution in [3.63, 3.8) is 0 Å². The topological polar surface area (TPSA) is 125 Å². The van der Waals surface area contributed by atoms with E-state index in [1.807, 2.05) is 31.2 Å². The minimum absolute atomic E-state index is 0.0452. The molecule has 1 aromatic carbocycles. The molecule has 2 aromatic heterocycles. The fourth-order valence-electron chi connectivity index (χ4n) is 2.65. The number of halogens is 1. The van der Waals surface area contributed by atoms with E-state index in [1.165, 1.54) is 6.07 Å². The molecule has 172 valence electrons. The van der Waals surface area contributed by atoms with Gasteiger partial charge in [0.2, 0.25) is 16.0 Å². The quantitative estimate of drug-likeness (QED) is 0.291. The largest absolute Gasteiger partial charge is 0.497 e. The lowest BCUT2D eigenvalue weighted by molar-refractivity contribution is 0.281. The number of hydrogen-bond donors (Lipinski definition) is 4. The summed E-state index contributed by atoms with van der Waals surface area (Å²) in [5.41, 5.74) is 1.57. The van der Waals surface area contributed by atoms with E-state index < -0.39 is 10.0 Å². The highest BCUT2D eigenvalue weighted by Crippen LogP contribution is 2.27. The van der Waals surface area contributed by atoms with Crippen LogP contribution in [0.4, 0.5) is 17.5 Å². The van der Waals surface area contributed by atoms with Gasteiger partial charge >= 0.3 is 0 Å². The van der Waals surface area contributed by atoms with Crippen LogP contribution in [0.3, 0.4) is 0 Å². The SMILES string of the molecule is COc1ccc(CCNS(=O)(=O)c2cc(Nc3ncc(Br)c(N[C@H](C)CO)n3)cs2)cc1. The molecule has 1 atom stereocenters. The first-order chi connectivity index (χ1) is 15.3. The van der Waals surface area contributed by atoms with Crippen molar-refractivity contribution < 1.29 is 18.3 Å². The summed E-state index contributed by atoms with van der Waals surface area (Å²) < 4.78 is 33.8. The van der Waals surface area contributed by atoms with Crippen molar-refractivity contribution in [1.29, 1.82) is 0 Å². The molecular formula is C20H24BrN5O4S2. The molecule has 0 saturated heterocycles. The Balaban J connectivity index is 1.61. The molecule has 0 bridgehead atoms. The number of anilines is 3. The van der Waals surface area contributed by atoms with Gasteiger partial charge in [-0.3, -0.25) is 0 Å². The normalized spacial score (nSPS) is 12.4. The van der Waals surface area contributed by atoms with Gasteiger partial charge in [0, 0.05) is 24.2 Å². The van der Waals surface area contributed by atoms with Gasteiger partial charge in [-0.1, -0.05) is 12.1 Å². The number of aromatic nitrogens is 2. The van der Waals surface area contributed by atoms with E-state index in [1.54, 1.807) is 18.7 Å². The molecule has 12 heteroatoms. The van der Waals surface area contributed by atoms with Crippen LogP contribution in [-0.4, -0.2) is 49.8 Å². The highest BCUT2D eigenvalue weighted by atomic mass is 79.9. The average molecular weight is 542 g/mol. The molecule has 0 spiro atoms. The van der Waals surface area contributed by atoms with Gasteiger partial charge in [-0.05, 0) is 53.0 Å². The summed E-state index contributed by atoms with van der Waals surface area (Å²) >= 11 is 4.47. The van der Waals surface area contributed by atoms with Crippen molar-refractivity contribution in [3.8, 4) is 5.75 Å². The maximum absolute atomic E-state index is 12.6. The molecule has 0 saturated carbocycles. The zero-order valence-electron chi connectivity index (χ0n) is 17.5. The number of benzene rings is 1. The maximum atomic E-state index is 12.6. The summed E-state index contributed by atoms with van der Waals surface area (Å²) in [6.07, 6.45) is 2.14. The number of aliphatic hydroxyl groups excluding tert-OH is 1. The van der Waals surface area contributed by atoms with Crippen molar-refractivity contribution in [2.45, 2.75) is 23.6 Å². The van der Waals surface area contributed by atoms with E-state index in [2.05, 4.69) is 41.3 Å². The molecule has 2 heterocycles. The Morgan fingerprint density at radius 2 is 2.03 bits per heavy atom. The summed E-state index contributed by atoms with van der Waals surface area (Å²) in [7, 11) is -2.03. The molecule has 0 aliphatic heterocycles. The molecule has 0 aliphatic carbocycles. The fourth-order valence-corrected chi connectivity index (χ4v) is 5.15. The standard InChI is InChI=1S/C20H24BrN5O4S2/c1-13(11-27)24-19-17(21)10-22-20(26-19)25-15-9-18(31-12-15)32(28,29)23-8-7-14-3-5-16(30-2)6-4-14/h3-6,9-10,12-13,23,27H,7-8,11H2,1-2H3,(H2,22,24,25,26)/t13-/m1/s1. The zero-order valence-corrected chi connectivity index (χ0v) is 20.7. The van der Waals surface area contributed by atoms with Crippen LogP contribution < -0.4 is 20.1 Å². The van der Waals surface area contributed by atoms with Gasteiger partial charge in [0.1, 0.15) is 15.8 Å². The lowest BCUT2D eigenvalue weighted by Gasteiger charge is -2.13. The Bertz CT molecular complexity index is 1140. The van der Waals surface area contributed by atoms with Gasteiger partial charge in [0.15, 0.2) is 0 Å². The molecule has 3 rings (SSSR count). The lowest BCUT2D eigenvalue weighted by atomic mass is 10.1. The molecule has 0 unspecified atom stereocenters. The first kappa shape index (κ1) is 24.4. The maximum Gasteiger partial charge on any atom is 0.250 e. The number of aliphatic hydroxyl groups is 1. The van der Waals surface area contributed by atoms with E-state index in [0.29, 0.717) is 28.3 Å².